The second-order valence-corrected chi connectivity index (χ2v) is 9.20. The van der Waals surface area contributed by atoms with E-state index in [1.165, 1.54) is 21.3 Å². The molecule has 156 valence electrons. The van der Waals surface area contributed by atoms with Gasteiger partial charge in [-0.25, -0.2) is 13.4 Å². The minimum Gasteiger partial charge on any atom is -0.367 e. The maximum atomic E-state index is 12.9. The number of likely N-dealkylation sites (N-methyl/N-ethyl adjacent to an activating group) is 1. The van der Waals surface area contributed by atoms with Gasteiger partial charge in [0.1, 0.15) is 12.4 Å². The summed E-state index contributed by atoms with van der Waals surface area (Å²) in [5.74, 6) is 0.255. The Kier molecular flexibility index (Phi) is 7.23. The average molecular weight is 438 g/mol. The van der Waals surface area contributed by atoms with Gasteiger partial charge >= 0.3 is 0 Å². The van der Waals surface area contributed by atoms with E-state index in [9.17, 15) is 13.2 Å². The zero-order chi connectivity index (χ0) is 20.9. The predicted molar refractivity (Wildman–Crippen MR) is 111 cm³/mol. The van der Waals surface area contributed by atoms with Crippen LogP contribution in [0.4, 0.5) is 5.82 Å². The highest BCUT2D eigenvalue weighted by Gasteiger charge is 2.26. The number of aromatic nitrogens is 1. The van der Waals surface area contributed by atoms with Gasteiger partial charge in [0, 0.05) is 31.4 Å². The summed E-state index contributed by atoms with van der Waals surface area (Å²) in [6, 6.07) is 9.88. The lowest BCUT2D eigenvalue weighted by atomic mass is 10.2. The molecule has 1 aliphatic heterocycles. The standard InChI is InChI=1S/C20H24ClN3O4S/c1-23(19-7-3-4-10-22-19)20(25)15-28-14-16-13-17(8-9-18(16)21)29(26,27)24-11-5-2-6-12-24/h3-4,7-10,13H,2,5-6,11-12,14-15H2,1H3. The van der Waals surface area contributed by atoms with E-state index in [1.807, 2.05) is 0 Å². The van der Waals surface area contributed by atoms with Gasteiger partial charge in [-0.15, -0.1) is 0 Å². The molecule has 1 aromatic heterocycles. The third-order valence-corrected chi connectivity index (χ3v) is 7.08. The number of halogens is 1. The predicted octanol–water partition coefficient (Wildman–Crippen LogP) is 3.09. The van der Waals surface area contributed by atoms with E-state index in [1.54, 1.807) is 37.5 Å². The minimum absolute atomic E-state index is 0.0317. The molecule has 0 spiro atoms. The number of hydrogen-bond donors (Lipinski definition) is 0. The molecule has 29 heavy (non-hydrogen) atoms. The van der Waals surface area contributed by atoms with Gasteiger partial charge in [0.2, 0.25) is 10.0 Å². The number of amides is 1. The van der Waals surface area contributed by atoms with E-state index in [0.717, 1.165) is 19.3 Å². The number of ether oxygens (including phenoxy) is 1. The van der Waals surface area contributed by atoms with Crippen molar-refractivity contribution < 1.29 is 17.9 Å². The zero-order valence-corrected chi connectivity index (χ0v) is 17.8. The lowest BCUT2D eigenvalue weighted by molar-refractivity contribution is -0.123. The van der Waals surface area contributed by atoms with Gasteiger partial charge in [-0.1, -0.05) is 24.1 Å². The first-order chi connectivity index (χ1) is 13.9. The van der Waals surface area contributed by atoms with Gasteiger partial charge in [-0.05, 0) is 48.7 Å². The Hall–Kier alpha value is -2.00. The first kappa shape index (κ1) is 21.7. The molecule has 7 nitrogen and oxygen atoms in total. The number of carbonyl (C=O) groups is 1. The molecule has 1 saturated heterocycles. The Morgan fingerprint density at radius 3 is 2.66 bits per heavy atom. The SMILES string of the molecule is CN(C(=O)COCc1cc(S(=O)(=O)N2CCCCC2)ccc1Cl)c1ccccn1. The highest BCUT2D eigenvalue weighted by Crippen LogP contribution is 2.25. The third-order valence-electron chi connectivity index (χ3n) is 4.82. The second-order valence-electron chi connectivity index (χ2n) is 6.85. The number of anilines is 1. The molecule has 1 fully saturated rings. The molecule has 0 aliphatic carbocycles. The van der Waals surface area contributed by atoms with Crippen LogP contribution in [0.2, 0.25) is 5.02 Å². The Morgan fingerprint density at radius 1 is 1.21 bits per heavy atom. The van der Waals surface area contributed by atoms with E-state index in [-0.39, 0.29) is 24.0 Å². The van der Waals surface area contributed by atoms with Crippen molar-refractivity contribution in [3.63, 3.8) is 0 Å². The van der Waals surface area contributed by atoms with Crippen LogP contribution >= 0.6 is 11.6 Å². The molecule has 0 N–H and O–H groups in total. The van der Waals surface area contributed by atoms with Gasteiger partial charge in [-0.2, -0.15) is 4.31 Å². The Labute approximate surface area is 176 Å². The molecule has 2 heterocycles. The number of rotatable bonds is 7. The summed E-state index contributed by atoms with van der Waals surface area (Å²) >= 11 is 6.21. The van der Waals surface area contributed by atoms with Crippen molar-refractivity contribution in [2.75, 3.05) is 31.6 Å². The average Bonchev–Trinajstić information content (AvgIpc) is 2.75. The van der Waals surface area contributed by atoms with Crippen molar-refractivity contribution >= 4 is 33.3 Å². The fourth-order valence-corrected chi connectivity index (χ4v) is 4.84. The summed E-state index contributed by atoms with van der Waals surface area (Å²) < 4.78 is 32.7. The van der Waals surface area contributed by atoms with Crippen LogP contribution < -0.4 is 4.90 Å². The van der Waals surface area contributed by atoms with E-state index in [2.05, 4.69) is 4.98 Å². The number of benzene rings is 1. The van der Waals surface area contributed by atoms with Crippen LogP contribution in [0.15, 0.2) is 47.5 Å². The summed E-state index contributed by atoms with van der Waals surface area (Å²) in [4.78, 5) is 18.0. The molecular formula is C20H24ClN3O4S. The van der Waals surface area contributed by atoms with Gasteiger partial charge < -0.3 is 4.74 Å². The van der Waals surface area contributed by atoms with E-state index in [0.29, 0.717) is 29.5 Å². The topological polar surface area (TPSA) is 79.8 Å². The van der Waals surface area contributed by atoms with Crippen LogP contribution in [-0.2, 0) is 26.2 Å². The third kappa shape index (κ3) is 5.33. The quantitative estimate of drug-likeness (QED) is 0.665. The normalized spacial score (nSPS) is 15.2. The Balaban J connectivity index is 1.64. The summed E-state index contributed by atoms with van der Waals surface area (Å²) in [6.45, 7) is 0.923. The van der Waals surface area contributed by atoms with Crippen LogP contribution in [0, 0.1) is 0 Å². The smallest absolute Gasteiger partial charge is 0.253 e. The van der Waals surface area contributed by atoms with Crippen LogP contribution in [0.5, 0.6) is 0 Å². The van der Waals surface area contributed by atoms with Crippen LogP contribution in [0.3, 0.4) is 0 Å². The summed E-state index contributed by atoms with van der Waals surface area (Å²) in [5, 5.41) is 0.396. The molecule has 1 aromatic carbocycles. The van der Waals surface area contributed by atoms with Crippen molar-refractivity contribution in [3.8, 4) is 0 Å². The number of pyridine rings is 1. The van der Waals surface area contributed by atoms with Crippen molar-refractivity contribution in [1.82, 2.24) is 9.29 Å². The first-order valence-corrected chi connectivity index (χ1v) is 11.3. The number of nitrogens with zero attached hydrogens (tertiary/aromatic N) is 3. The monoisotopic (exact) mass is 437 g/mol. The maximum Gasteiger partial charge on any atom is 0.253 e. The fraction of sp³-hybridized carbons (Fsp3) is 0.400. The second kappa shape index (κ2) is 9.67. The van der Waals surface area contributed by atoms with Crippen molar-refractivity contribution in [2.45, 2.75) is 30.8 Å². The van der Waals surface area contributed by atoms with Crippen molar-refractivity contribution in [2.24, 2.45) is 0 Å². The molecule has 3 rings (SSSR count). The summed E-state index contributed by atoms with van der Waals surface area (Å²) in [6.07, 6.45) is 4.39. The maximum absolute atomic E-state index is 12.9. The van der Waals surface area contributed by atoms with Crippen LogP contribution in [0.25, 0.3) is 0 Å². The van der Waals surface area contributed by atoms with E-state index in [4.69, 9.17) is 16.3 Å². The molecular weight excluding hydrogens is 414 g/mol. The zero-order valence-electron chi connectivity index (χ0n) is 16.3. The minimum atomic E-state index is -3.56. The molecule has 0 atom stereocenters. The van der Waals surface area contributed by atoms with Gasteiger partial charge in [-0.3, -0.25) is 9.69 Å². The first-order valence-electron chi connectivity index (χ1n) is 9.43. The van der Waals surface area contributed by atoms with Crippen molar-refractivity contribution in [1.29, 1.82) is 0 Å². The molecule has 1 aliphatic rings. The number of sulfonamides is 1. The number of carbonyl (C=O) groups excluding carboxylic acids is 1. The largest absolute Gasteiger partial charge is 0.367 e. The number of piperidine rings is 1. The van der Waals surface area contributed by atoms with Crippen molar-refractivity contribution in [3.05, 3.63) is 53.2 Å². The van der Waals surface area contributed by atoms with Gasteiger partial charge in [0.25, 0.3) is 5.91 Å². The Bertz CT molecular complexity index is 947. The van der Waals surface area contributed by atoms with Crippen LogP contribution in [0.1, 0.15) is 24.8 Å². The number of hydrogen-bond acceptors (Lipinski definition) is 5. The van der Waals surface area contributed by atoms with Crippen LogP contribution in [-0.4, -0.2) is 50.4 Å². The molecule has 2 aromatic rings. The molecule has 1 amide bonds. The summed E-state index contributed by atoms with van der Waals surface area (Å²) in [7, 11) is -1.94. The molecule has 9 heteroatoms. The molecule has 0 saturated carbocycles. The highest BCUT2D eigenvalue weighted by molar-refractivity contribution is 7.89. The molecule has 0 unspecified atom stereocenters. The molecule has 0 radical (unpaired) electrons. The van der Waals surface area contributed by atoms with E-state index < -0.39 is 10.0 Å². The molecule has 0 bridgehead atoms. The van der Waals surface area contributed by atoms with E-state index >= 15 is 0 Å². The lowest BCUT2D eigenvalue weighted by Crippen LogP contribution is -2.35. The highest BCUT2D eigenvalue weighted by atomic mass is 35.5. The summed E-state index contributed by atoms with van der Waals surface area (Å²) in [5.41, 5.74) is 0.526. The fourth-order valence-electron chi connectivity index (χ4n) is 3.10. The lowest BCUT2D eigenvalue weighted by Gasteiger charge is -2.26. The Morgan fingerprint density at radius 2 is 1.97 bits per heavy atom. The van der Waals surface area contributed by atoms with Gasteiger partial charge in [0.05, 0.1) is 11.5 Å². The van der Waals surface area contributed by atoms with Gasteiger partial charge in [0.15, 0.2) is 0 Å².